The molecule has 1 aliphatic rings. The molecule has 1 aliphatic carbocycles. The van der Waals surface area contributed by atoms with Crippen LogP contribution in [-0.4, -0.2) is 0 Å². The molecule has 0 N–H and O–H groups in total. The lowest BCUT2D eigenvalue weighted by Gasteiger charge is -2.08. The molecule has 3 aromatic carbocycles. The maximum absolute atomic E-state index is 13.1. The molecule has 0 fully saturated rings. The minimum absolute atomic E-state index is 0.210. The normalized spacial score (nSPS) is 14.7. The Morgan fingerprint density at radius 3 is 2.17 bits per heavy atom. The van der Waals surface area contributed by atoms with Crippen LogP contribution in [0.3, 0.4) is 0 Å². The zero-order valence-electron chi connectivity index (χ0n) is 12.5. The highest BCUT2D eigenvalue weighted by atomic mass is 19.1. The second-order valence-electron chi connectivity index (χ2n) is 5.62. The minimum atomic E-state index is -0.210. The van der Waals surface area contributed by atoms with Crippen LogP contribution in [0.1, 0.15) is 22.3 Å². The number of rotatable bonds is 2. The largest absolute Gasteiger partial charge is 0.207 e. The Kier molecular flexibility index (Phi) is 3.39. The van der Waals surface area contributed by atoms with Crippen molar-refractivity contribution in [1.82, 2.24) is 0 Å². The first-order valence-corrected chi connectivity index (χ1v) is 7.65. The van der Waals surface area contributed by atoms with Crippen molar-refractivity contribution in [2.45, 2.75) is 0 Å². The molecular formula is C22H15F. The highest BCUT2D eigenvalue weighted by molar-refractivity contribution is 6.21. The van der Waals surface area contributed by atoms with Crippen molar-refractivity contribution < 1.29 is 4.39 Å². The molecule has 0 aromatic heterocycles. The number of halogens is 1. The van der Waals surface area contributed by atoms with Crippen molar-refractivity contribution in [2.24, 2.45) is 0 Å². The van der Waals surface area contributed by atoms with Crippen molar-refractivity contribution in [3.05, 3.63) is 107 Å². The fourth-order valence-electron chi connectivity index (χ4n) is 2.98. The van der Waals surface area contributed by atoms with E-state index in [4.69, 9.17) is 0 Å². The van der Waals surface area contributed by atoms with Gasteiger partial charge in [-0.1, -0.05) is 66.7 Å². The summed E-state index contributed by atoms with van der Waals surface area (Å²) in [5, 5.41) is 0. The first-order chi connectivity index (χ1) is 11.3. The molecule has 0 nitrogen and oxygen atoms in total. The first-order valence-electron chi connectivity index (χ1n) is 7.65. The van der Waals surface area contributed by atoms with Crippen molar-refractivity contribution in [1.29, 1.82) is 0 Å². The Hall–Kier alpha value is -2.93. The molecule has 0 heterocycles. The third kappa shape index (κ3) is 2.62. The van der Waals surface area contributed by atoms with E-state index in [1.165, 1.54) is 40.0 Å². The monoisotopic (exact) mass is 298 g/mol. The van der Waals surface area contributed by atoms with Crippen LogP contribution in [0, 0.1) is 5.82 Å². The lowest BCUT2D eigenvalue weighted by molar-refractivity contribution is 0.628. The molecule has 0 radical (unpaired) electrons. The summed E-state index contributed by atoms with van der Waals surface area (Å²) in [4.78, 5) is 0. The molecule has 0 saturated carbocycles. The summed E-state index contributed by atoms with van der Waals surface area (Å²) in [7, 11) is 0. The van der Waals surface area contributed by atoms with Gasteiger partial charge in [0, 0.05) is 0 Å². The second kappa shape index (κ2) is 5.69. The van der Waals surface area contributed by atoms with Gasteiger partial charge in [-0.15, -0.1) is 0 Å². The van der Waals surface area contributed by atoms with Gasteiger partial charge in [-0.2, -0.15) is 0 Å². The van der Waals surface area contributed by atoms with Gasteiger partial charge in [0.25, 0.3) is 0 Å². The Bertz CT molecular complexity index is 900. The Balaban J connectivity index is 1.87. The third-order valence-electron chi connectivity index (χ3n) is 4.11. The van der Waals surface area contributed by atoms with E-state index in [0.29, 0.717) is 0 Å². The van der Waals surface area contributed by atoms with Gasteiger partial charge in [-0.05, 0) is 57.7 Å². The van der Waals surface area contributed by atoms with Gasteiger partial charge in [0.1, 0.15) is 5.82 Å². The molecule has 0 atom stereocenters. The number of benzene rings is 3. The number of hydrogen-bond donors (Lipinski definition) is 0. The number of allylic oxidation sites excluding steroid dienone is 2. The van der Waals surface area contributed by atoms with Crippen LogP contribution in [-0.2, 0) is 0 Å². The lowest BCUT2D eigenvalue weighted by atomic mass is 9.95. The van der Waals surface area contributed by atoms with E-state index in [2.05, 4.69) is 60.7 Å². The quantitative estimate of drug-likeness (QED) is 0.551. The van der Waals surface area contributed by atoms with Crippen LogP contribution < -0.4 is 0 Å². The first kappa shape index (κ1) is 13.7. The Morgan fingerprint density at radius 1 is 0.696 bits per heavy atom. The van der Waals surface area contributed by atoms with E-state index in [1.54, 1.807) is 0 Å². The minimum Gasteiger partial charge on any atom is -0.207 e. The van der Waals surface area contributed by atoms with Crippen LogP contribution in [0.4, 0.5) is 4.39 Å². The summed E-state index contributed by atoms with van der Waals surface area (Å²) in [6, 6.07) is 25.4. The highest BCUT2D eigenvalue weighted by Gasteiger charge is 2.19. The molecule has 4 rings (SSSR count). The van der Waals surface area contributed by atoms with E-state index in [1.807, 2.05) is 18.2 Å². The average molecular weight is 298 g/mol. The molecule has 0 saturated heterocycles. The SMILES string of the molecule is Fc1ccc(C=C2C(c3ccccc3)=Cc3ccccc32)cc1. The topological polar surface area (TPSA) is 0 Å². The van der Waals surface area contributed by atoms with Crippen LogP contribution in [0.5, 0.6) is 0 Å². The summed E-state index contributed by atoms with van der Waals surface area (Å²) in [6.45, 7) is 0. The van der Waals surface area contributed by atoms with Gasteiger partial charge in [0.2, 0.25) is 0 Å². The second-order valence-corrected chi connectivity index (χ2v) is 5.62. The summed E-state index contributed by atoms with van der Waals surface area (Å²) in [5.74, 6) is -0.210. The van der Waals surface area contributed by atoms with Gasteiger partial charge in [-0.3, -0.25) is 0 Å². The maximum Gasteiger partial charge on any atom is 0.123 e. The fraction of sp³-hybridized carbons (Fsp3) is 0. The van der Waals surface area contributed by atoms with Gasteiger partial charge in [-0.25, -0.2) is 4.39 Å². The van der Waals surface area contributed by atoms with Crippen LogP contribution in [0.2, 0.25) is 0 Å². The van der Waals surface area contributed by atoms with E-state index >= 15 is 0 Å². The lowest BCUT2D eigenvalue weighted by Crippen LogP contribution is -1.86. The van der Waals surface area contributed by atoms with Gasteiger partial charge >= 0.3 is 0 Å². The summed E-state index contributed by atoms with van der Waals surface area (Å²) in [6.07, 6.45) is 4.35. The van der Waals surface area contributed by atoms with E-state index in [-0.39, 0.29) is 5.82 Å². The summed E-state index contributed by atoms with van der Waals surface area (Å²) < 4.78 is 13.1. The predicted molar refractivity (Wildman–Crippen MR) is 95.0 cm³/mol. The Morgan fingerprint density at radius 2 is 1.39 bits per heavy atom. The smallest absolute Gasteiger partial charge is 0.123 e. The molecule has 0 unspecified atom stereocenters. The van der Waals surface area contributed by atoms with Gasteiger partial charge in [0.15, 0.2) is 0 Å². The zero-order valence-corrected chi connectivity index (χ0v) is 12.5. The van der Waals surface area contributed by atoms with E-state index in [9.17, 15) is 4.39 Å². The molecule has 0 amide bonds. The number of hydrogen-bond acceptors (Lipinski definition) is 0. The van der Waals surface area contributed by atoms with Gasteiger partial charge < -0.3 is 0 Å². The highest BCUT2D eigenvalue weighted by Crippen LogP contribution is 2.42. The van der Waals surface area contributed by atoms with Crippen molar-refractivity contribution >= 4 is 23.3 Å². The average Bonchev–Trinajstić information content (AvgIpc) is 2.96. The van der Waals surface area contributed by atoms with Gasteiger partial charge in [0.05, 0.1) is 0 Å². The van der Waals surface area contributed by atoms with Crippen LogP contribution in [0.25, 0.3) is 23.3 Å². The predicted octanol–water partition coefficient (Wildman–Crippen LogP) is 5.92. The molecular weight excluding hydrogens is 283 g/mol. The summed E-state index contributed by atoms with van der Waals surface area (Å²) >= 11 is 0. The van der Waals surface area contributed by atoms with Crippen molar-refractivity contribution in [3.8, 4) is 0 Å². The molecule has 3 aromatic rings. The van der Waals surface area contributed by atoms with Crippen LogP contribution >= 0.6 is 0 Å². The number of fused-ring (bicyclic) bond motifs is 1. The third-order valence-corrected chi connectivity index (χ3v) is 4.11. The molecule has 0 bridgehead atoms. The fourth-order valence-corrected chi connectivity index (χ4v) is 2.98. The molecule has 0 aliphatic heterocycles. The molecule has 23 heavy (non-hydrogen) atoms. The van der Waals surface area contributed by atoms with Crippen molar-refractivity contribution in [2.75, 3.05) is 0 Å². The summed E-state index contributed by atoms with van der Waals surface area (Å²) in [5.41, 5.74) is 7.02. The van der Waals surface area contributed by atoms with E-state index < -0.39 is 0 Å². The standard InChI is InChI=1S/C22H15F/c23-19-12-10-16(11-13-19)14-22-20-9-5-4-8-18(20)15-21(22)17-6-2-1-3-7-17/h1-15H. The Labute approximate surface area is 135 Å². The van der Waals surface area contributed by atoms with E-state index in [0.717, 1.165) is 5.56 Å². The molecule has 1 heteroatoms. The molecule has 0 spiro atoms. The zero-order chi connectivity index (χ0) is 15.6. The molecule has 110 valence electrons. The van der Waals surface area contributed by atoms with Crippen molar-refractivity contribution in [3.63, 3.8) is 0 Å². The maximum atomic E-state index is 13.1. The van der Waals surface area contributed by atoms with Crippen LogP contribution in [0.15, 0.2) is 78.9 Å².